The van der Waals surface area contributed by atoms with Crippen molar-refractivity contribution >= 4 is 17.0 Å². The number of rotatable bonds is 4. The summed E-state index contributed by atoms with van der Waals surface area (Å²) < 4.78 is 0. The molecule has 0 atom stereocenters. The van der Waals surface area contributed by atoms with E-state index < -0.39 is 20.8 Å². The maximum absolute atomic E-state index is 4.93. The van der Waals surface area contributed by atoms with Crippen LogP contribution in [-0.4, -0.2) is 0 Å². The molecule has 0 amide bonds. The van der Waals surface area contributed by atoms with Gasteiger partial charge in [0.05, 0.1) is 0 Å². The van der Waals surface area contributed by atoms with Crippen LogP contribution in [0.15, 0.2) is 48.5 Å². The van der Waals surface area contributed by atoms with Gasteiger partial charge in [0.2, 0.25) is 0 Å². The summed E-state index contributed by atoms with van der Waals surface area (Å²) in [5.74, 6) is 0.785. The zero-order chi connectivity index (χ0) is 15.2. The minimum atomic E-state index is -0.826. The summed E-state index contributed by atoms with van der Waals surface area (Å²) in [5.41, 5.74) is 2.93. The first-order valence-corrected chi connectivity index (χ1v) is 13.3. The molecule has 0 saturated carbocycles. The first-order valence-electron chi connectivity index (χ1n) is 7.01. The number of hydrogen-bond acceptors (Lipinski definition) is 0. The van der Waals surface area contributed by atoms with E-state index in [0.29, 0.717) is 0 Å². The molecule has 0 fully saturated rings. The Morgan fingerprint density at radius 1 is 0.900 bits per heavy atom. The zero-order valence-electron chi connectivity index (χ0n) is 12.6. The van der Waals surface area contributed by atoms with Gasteiger partial charge in [-0.15, -0.1) is 0 Å². The van der Waals surface area contributed by atoms with E-state index in [1.165, 1.54) is 30.4 Å². The number of aryl methyl sites for hydroxylation is 1. The summed E-state index contributed by atoms with van der Waals surface area (Å²) in [5, 5.41) is 0. The molecule has 0 N–H and O–H groups in total. The van der Waals surface area contributed by atoms with E-state index in [1.54, 1.807) is 0 Å². The van der Waals surface area contributed by atoms with Crippen molar-refractivity contribution < 1.29 is 20.8 Å². The fraction of sp³-hybridized carbons (Fsp3) is 0.412. The molecule has 0 spiro atoms. The molecule has 0 saturated heterocycles. The summed E-state index contributed by atoms with van der Waals surface area (Å²) in [6.45, 7) is 6.69. The van der Waals surface area contributed by atoms with Gasteiger partial charge in [-0.2, -0.15) is 35.4 Å². The molecule has 0 radical (unpaired) electrons. The fourth-order valence-corrected chi connectivity index (χ4v) is 1.89. The van der Waals surface area contributed by atoms with Crippen molar-refractivity contribution in [1.29, 1.82) is 0 Å². The Balaban J connectivity index is 0.000000304. The Kier molecular flexibility index (Phi) is 14.2. The molecule has 0 heterocycles. The summed E-state index contributed by atoms with van der Waals surface area (Å²) >= 11 is -0.826. The van der Waals surface area contributed by atoms with Gasteiger partial charge < -0.3 is 0 Å². The third-order valence-electron chi connectivity index (χ3n) is 2.65. The van der Waals surface area contributed by atoms with Crippen molar-refractivity contribution in [1.82, 2.24) is 0 Å². The Morgan fingerprint density at radius 2 is 1.30 bits per heavy atom. The molecule has 2 rings (SSSR count). The molecule has 0 aliphatic rings. The van der Waals surface area contributed by atoms with Crippen LogP contribution in [-0.2, 0) is 33.7 Å². The molecule has 2 aromatic carbocycles. The molecule has 20 heavy (non-hydrogen) atoms. The van der Waals surface area contributed by atoms with Crippen molar-refractivity contribution in [3.05, 3.63) is 59.7 Å². The van der Waals surface area contributed by atoms with Gasteiger partial charge >= 0.3 is 37.9 Å². The molecular weight excluding hydrogens is 366 g/mol. The maximum atomic E-state index is 4.93. The van der Waals surface area contributed by atoms with Crippen molar-refractivity contribution in [2.24, 2.45) is 5.92 Å². The van der Waals surface area contributed by atoms with Gasteiger partial charge in [0.1, 0.15) is 0 Å². The van der Waals surface area contributed by atoms with Crippen molar-refractivity contribution in [2.75, 3.05) is 0 Å². The van der Waals surface area contributed by atoms with Crippen molar-refractivity contribution in [3.8, 4) is 0 Å². The van der Waals surface area contributed by atoms with Crippen LogP contribution in [0.1, 0.15) is 38.3 Å². The van der Waals surface area contributed by atoms with Crippen LogP contribution in [0.3, 0.4) is 0 Å². The summed E-state index contributed by atoms with van der Waals surface area (Å²) in [7, 11) is 9.87. The third kappa shape index (κ3) is 11.9. The zero-order valence-corrected chi connectivity index (χ0v) is 16.5. The molecule has 0 aliphatic heterocycles. The standard InChI is InChI=1S/C9H13.C8H11.2ClH.Zr/c1-8(2)7-9-5-3-4-6-9;1-2-5-8-6-3-4-7-8;;;/h3-6,8H,7H2,1-2H3;3-4,6-7H,2,5H2,1H3;2*1H;/q2*-1;;;+4/p-2. The van der Waals surface area contributed by atoms with E-state index in [9.17, 15) is 0 Å². The third-order valence-corrected chi connectivity index (χ3v) is 2.65. The Morgan fingerprint density at radius 3 is 1.65 bits per heavy atom. The summed E-state index contributed by atoms with van der Waals surface area (Å²) in [4.78, 5) is 0. The molecule has 110 valence electrons. The number of hydrogen-bond donors (Lipinski definition) is 0. The second-order valence-corrected chi connectivity index (χ2v) is 8.74. The van der Waals surface area contributed by atoms with Gasteiger partial charge in [-0.3, -0.25) is 0 Å². The molecule has 0 unspecified atom stereocenters. The monoisotopic (exact) mass is 388 g/mol. The molecule has 0 aliphatic carbocycles. The van der Waals surface area contributed by atoms with Crippen LogP contribution in [0.25, 0.3) is 0 Å². The molecule has 0 nitrogen and oxygen atoms in total. The van der Waals surface area contributed by atoms with E-state index in [4.69, 9.17) is 17.0 Å². The van der Waals surface area contributed by atoms with Crippen LogP contribution in [0.4, 0.5) is 0 Å². The molecular formula is C17H24Cl2Zr. The average Bonchev–Trinajstić information content (AvgIpc) is 3.04. The van der Waals surface area contributed by atoms with Gasteiger partial charge in [0.15, 0.2) is 0 Å². The molecule has 3 heteroatoms. The van der Waals surface area contributed by atoms with Crippen LogP contribution >= 0.6 is 17.0 Å². The first-order chi connectivity index (χ1) is 9.63. The van der Waals surface area contributed by atoms with Gasteiger partial charge in [-0.1, -0.05) is 46.0 Å². The summed E-state index contributed by atoms with van der Waals surface area (Å²) in [6, 6.07) is 17.1. The topological polar surface area (TPSA) is 0 Å². The average molecular weight is 391 g/mol. The van der Waals surface area contributed by atoms with Crippen LogP contribution in [0.5, 0.6) is 0 Å². The van der Waals surface area contributed by atoms with E-state index in [1.807, 2.05) is 0 Å². The fourth-order valence-electron chi connectivity index (χ4n) is 1.89. The predicted molar refractivity (Wildman–Crippen MR) is 88.3 cm³/mol. The van der Waals surface area contributed by atoms with Gasteiger partial charge in [-0.25, -0.2) is 24.3 Å². The Labute approximate surface area is 142 Å². The van der Waals surface area contributed by atoms with Crippen molar-refractivity contribution in [2.45, 2.75) is 40.0 Å². The van der Waals surface area contributed by atoms with Crippen LogP contribution in [0.2, 0.25) is 0 Å². The van der Waals surface area contributed by atoms with E-state index in [2.05, 4.69) is 69.3 Å². The summed E-state index contributed by atoms with van der Waals surface area (Å²) in [6.07, 6.45) is 3.70. The Bertz CT molecular complexity index is 377. The van der Waals surface area contributed by atoms with E-state index in [0.717, 1.165) is 5.92 Å². The van der Waals surface area contributed by atoms with Crippen LogP contribution < -0.4 is 0 Å². The Hall–Kier alpha value is 0.163. The quantitative estimate of drug-likeness (QED) is 0.535. The van der Waals surface area contributed by atoms with Gasteiger partial charge in [-0.05, 0) is 0 Å². The first kappa shape index (κ1) is 20.2. The second-order valence-electron chi connectivity index (χ2n) is 5.01. The van der Waals surface area contributed by atoms with Crippen molar-refractivity contribution in [3.63, 3.8) is 0 Å². The van der Waals surface area contributed by atoms with Gasteiger partial charge in [0.25, 0.3) is 0 Å². The van der Waals surface area contributed by atoms with E-state index >= 15 is 0 Å². The number of halogens is 2. The molecule has 0 aromatic heterocycles. The second kappa shape index (κ2) is 14.1. The predicted octanol–water partition coefficient (Wildman–Crippen LogP) is 6.34. The SMILES string of the molecule is CC(C)C[c-]1cccc1.CCC[c-]1cccc1.[Cl][Zr+2][Cl]. The van der Waals surface area contributed by atoms with E-state index in [-0.39, 0.29) is 0 Å². The molecule has 2 aromatic rings. The molecule has 0 bridgehead atoms. The van der Waals surface area contributed by atoms with Gasteiger partial charge in [0, 0.05) is 0 Å². The minimum absolute atomic E-state index is 0.785. The van der Waals surface area contributed by atoms with Crippen LogP contribution in [0, 0.1) is 5.92 Å². The normalized spacial score (nSPS) is 9.10.